The van der Waals surface area contributed by atoms with Crippen LogP contribution in [0, 0.1) is 17.8 Å². The first kappa shape index (κ1) is 7.86. The van der Waals surface area contributed by atoms with E-state index < -0.39 is 6.03 Å². The monoisotopic (exact) mass is 170 g/mol. The number of primary amides is 1. The highest BCUT2D eigenvalue weighted by Gasteiger charge is 2.47. The Morgan fingerprint density at radius 3 is 2.75 bits per heavy atom. The molecule has 2 aliphatic carbocycles. The normalized spacial score (nSPS) is 33.1. The molecule has 2 atom stereocenters. The molecule has 0 aromatic heterocycles. The van der Waals surface area contributed by atoms with Crippen molar-refractivity contribution in [2.45, 2.75) is 19.3 Å². The quantitative estimate of drug-likeness (QED) is 0.486. The maximum Gasteiger partial charge on any atom is 0.338 e. The molecule has 0 spiro atoms. The van der Waals surface area contributed by atoms with Crippen LogP contribution in [0.3, 0.4) is 0 Å². The molecule has 2 amide bonds. The van der Waals surface area contributed by atoms with Gasteiger partial charge in [0.25, 0.3) is 0 Å². The Kier molecular flexibility index (Phi) is 1.72. The fourth-order valence-electron chi connectivity index (χ4n) is 1.89. The van der Waals surface area contributed by atoms with Gasteiger partial charge in [0.2, 0.25) is 0 Å². The van der Waals surface area contributed by atoms with Crippen molar-refractivity contribution in [2.75, 3.05) is 6.54 Å². The number of hydrogen-bond acceptors (Lipinski definition) is 2. The van der Waals surface area contributed by atoms with Crippen molar-refractivity contribution in [1.82, 2.24) is 5.06 Å². The van der Waals surface area contributed by atoms with Crippen LogP contribution in [0.25, 0.3) is 0 Å². The molecule has 12 heavy (non-hydrogen) atoms. The molecular formula is C8H14N2O2. The molecule has 0 aromatic rings. The lowest BCUT2D eigenvalue weighted by molar-refractivity contribution is -0.0440. The summed E-state index contributed by atoms with van der Waals surface area (Å²) in [5.74, 6) is 2.16. The predicted octanol–water partition coefficient (Wildman–Crippen LogP) is 0.802. The minimum Gasteiger partial charge on any atom is -0.350 e. The molecule has 0 heterocycles. The topological polar surface area (TPSA) is 66.6 Å². The van der Waals surface area contributed by atoms with E-state index in [1.807, 2.05) is 0 Å². The predicted molar refractivity (Wildman–Crippen MR) is 42.4 cm³/mol. The first-order chi connectivity index (χ1) is 5.68. The maximum atomic E-state index is 10.5. The number of hydrogen-bond donors (Lipinski definition) is 2. The summed E-state index contributed by atoms with van der Waals surface area (Å²) in [6.45, 7) is 0.427. The molecule has 0 aromatic carbocycles. The van der Waals surface area contributed by atoms with Crippen LogP contribution in [0.5, 0.6) is 0 Å². The van der Waals surface area contributed by atoms with E-state index in [1.54, 1.807) is 0 Å². The zero-order chi connectivity index (χ0) is 8.72. The van der Waals surface area contributed by atoms with Crippen LogP contribution < -0.4 is 5.73 Å². The van der Waals surface area contributed by atoms with E-state index in [9.17, 15) is 4.79 Å². The Morgan fingerprint density at radius 1 is 1.58 bits per heavy atom. The molecule has 4 heteroatoms. The summed E-state index contributed by atoms with van der Waals surface area (Å²) in [4.78, 5) is 10.5. The lowest BCUT2D eigenvalue weighted by Crippen LogP contribution is -2.34. The summed E-state index contributed by atoms with van der Waals surface area (Å²) in [6.07, 6.45) is 3.83. The molecule has 0 radical (unpaired) electrons. The van der Waals surface area contributed by atoms with Crippen molar-refractivity contribution in [3.05, 3.63) is 0 Å². The van der Waals surface area contributed by atoms with Crippen molar-refractivity contribution in [3.8, 4) is 0 Å². The van der Waals surface area contributed by atoms with E-state index in [-0.39, 0.29) is 0 Å². The Morgan fingerprint density at radius 2 is 2.25 bits per heavy atom. The highest BCUT2D eigenvalue weighted by molar-refractivity contribution is 5.70. The second kappa shape index (κ2) is 2.62. The van der Waals surface area contributed by atoms with Gasteiger partial charge in [-0.1, -0.05) is 0 Å². The van der Waals surface area contributed by atoms with Gasteiger partial charge in [0.1, 0.15) is 0 Å². The van der Waals surface area contributed by atoms with E-state index in [4.69, 9.17) is 10.9 Å². The number of nitrogens with two attached hydrogens (primary N) is 1. The number of hydroxylamine groups is 2. The molecule has 2 saturated carbocycles. The molecule has 2 aliphatic rings. The van der Waals surface area contributed by atoms with Gasteiger partial charge in [0.05, 0.1) is 6.54 Å². The van der Waals surface area contributed by atoms with E-state index >= 15 is 0 Å². The van der Waals surface area contributed by atoms with Crippen LogP contribution in [0.4, 0.5) is 4.79 Å². The fraction of sp³-hybridized carbons (Fsp3) is 0.875. The molecule has 68 valence electrons. The van der Waals surface area contributed by atoms with E-state index in [0.29, 0.717) is 17.5 Å². The van der Waals surface area contributed by atoms with Crippen LogP contribution in [-0.2, 0) is 0 Å². The SMILES string of the molecule is NC(=O)N(O)CC1CC1C1CC1. The zero-order valence-electron chi connectivity index (χ0n) is 6.94. The first-order valence-corrected chi connectivity index (χ1v) is 4.44. The Hall–Kier alpha value is -0.770. The molecule has 2 unspecified atom stereocenters. The van der Waals surface area contributed by atoms with Gasteiger partial charge in [-0.25, -0.2) is 9.86 Å². The number of amides is 2. The van der Waals surface area contributed by atoms with Crippen molar-refractivity contribution in [3.63, 3.8) is 0 Å². The molecule has 2 fully saturated rings. The number of carbonyl (C=O) groups is 1. The third-order valence-corrected chi connectivity index (χ3v) is 2.87. The summed E-state index contributed by atoms with van der Waals surface area (Å²) < 4.78 is 0. The van der Waals surface area contributed by atoms with Crippen LogP contribution in [0.15, 0.2) is 0 Å². The van der Waals surface area contributed by atoms with Crippen LogP contribution >= 0.6 is 0 Å². The second-order valence-electron chi connectivity index (χ2n) is 3.92. The van der Waals surface area contributed by atoms with Gasteiger partial charge in [-0.2, -0.15) is 0 Å². The summed E-state index contributed by atoms with van der Waals surface area (Å²) in [5.41, 5.74) is 4.89. The Balaban J connectivity index is 1.71. The van der Waals surface area contributed by atoms with Crippen molar-refractivity contribution in [1.29, 1.82) is 0 Å². The van der Waals surface area contributed by atoms with Gasteiger partial charge in [-0.05, 0) is 37.0 Å². The van der Waals surface area contributed by atoms with Gasteiger partial charge in [-0.3, -0.25) is 5.21 Å². The highest BCUT2D eigenvalue weighted by atomic mass is 16.5. The largest absolute Gasteiger partial charge is 0.350 e. The maximum absolute atomic E-state index is 10.5. The molecule has 0 saturated heterocycles. The molecule has 2 rings (SSSR count). The highest BCUT2D eigenvalue weighted by Crippen LogP contribution is 2.54. The molecular weight excluding hydrogens is 156 g/mol. The van der Waals surface area contributed by atoms with E-state index in [0.717, 1.165) is 18.3 Å². The lowest BCUT2D eigenvalue weighted by atomic mass is 10.2. The van der Waals surface area contributed by atoms with Gasteiger partial charge < -0.3 is 5.73 Å². The number of nitrogens with zero attached hydrogens (tertiary/aromatic N) is 1. The minimum absolute atomic E-state index is 0.427. The number of rotatable bonds is 3. The summed E-state index contributed by atoms with van der Waals surface area (Å²) >= 11 is 0. The molecule has 0 bridgehead atoms. The Labute approximate surface area is 71.3 Å². The van der Waals surface area contributed by atoms with Crippen LogP contribution in [0.1, 0.15) is 19.3 Å². The van der Waals surface area contributed by atoms with Gasteiger partial charge in [0.15, 0.2) is 0 Å². The Bertz CT molecular complexity index is 203. The summed E-state index contributed by atoms with van der Waals surface area (Å²) in [7, 11) is 0. The smallest absolute Gasteiger partial charge is 0.338 e. The summed E-state index contributed by atoms with van der Waals surface area (Å²) in [5, 5.41) is 9.65. The molecule has 0 aliphatic heterocycles. The van der Waals surface area contributed by atoms with E-state index in [1.165, 1.54) is 12.8 Å². The van der Waals surface area contributed by atoms with Crippen molar-refractivity contribution < 1.29 is 10.0 Å². The van der Waals surface area contributed by atoms with Crippen LogP contribution in [0.2, 0.25) is 0 Å². The minimum atomic E-state index is -0.739. The number of urea groups is 1. The first-order valence-electron chi connectivity index (χ1n) is 4.44. The lowest BCUT2D eigenvalue weighted by Gasteiger charge is -2.10. The zero-order valence-corrected chi connectivity index (χ0v) is 6.94. The number of carbonyl (C=O) groups excluding carboxylic acids is 1. The third-order valence-electron chi connectivity index (χ3n) is 2.87. The van der Waals surface area contributed by atoms with E-state index in [2.05, 4.69) is 0 Å². The molecule has 3 N–H and O–H groups in total. The van der Waals surface area contributed by atoms with Gasteiger partial charge in [0, 0.05) is 0 Å². The van der Waals surface area contributed by atoms with Crippen LogP contribution in [-0.4, -0.2) is 22.8 Å². The molecule has 4 nitrogen and oxygen atoms in total. The second-order valence-corrected chi connectivity index (χ2v) is 3.92. The van der Waals surface area contributed by atoms with Gasteiger partial charge >= 0.3 is 6.03 Å². The van der Waals surface area contributed by atoms with Crippen molar-refractivity contribution in [2.24, 2.45) is 23.5 Å². The average Bonchev–Trinajstić information content (AvgIpc) is 2.79. The van der Waals surface area contributed by atoms with Crippen molar-refractivity contribution >= 4 is 6.03 Å². The fourth-order valence-corrected chi connectivity index (χ4v) is 1.89. The van der Waals surface area contributed by atoms with Gasteiger partial charge in [-0.15, -0.1) is 0 Å². The average molecular weight is 170 g/mol. The summed E-state index contributed by atoms with van der Waals surface area (Å²) in [6, 6.07) is -0.739. The third kappa shape index (κ3) is 1.53. The standard InChI is InChI=1S/C8H14N2O2/c9-8(11)10(12)4-6-3-7(6)5-1-2-5/h5-7,12H,1-4H2,(H2,9,11).